The average molecular weight is 254 g/mol. The lowest BCUT2D eigenvalue weighted by Crippen LogP contribution is -2.26. The van der Waals surface area contributed by atoms with E-state index in [1.807, 2.05) is 24.3 Å². The third kappa shape index (κ3) is 3.35. The minimum absolute atomic E-state index is 0.119. The molecule has 19 heavy (non-hydrogen) atoms. The molecule has 0 bridgehead atoms. The van der Waals surface area contributed by atoms with Crippen molar-refractivity contribution in [1.82, 2.24) is 5.32 Å². The Balaban J connectivity index is 1.92. The predicted molar refractivity (Wildman–Crippen MR) is 78.1 cm³/mol. The fourth-order valence-corrected chi connectivity index (χ4v) is 2.00. The molecule has 3 heteroatoms. The van der Waals surface area contributed by atoms with Gasteiger partial charge < -0.3 is 11.1 Å². The molecule has 0 radical (unpaired) electrons. The summed E-state index contributed by atoms with van der Waals surface area (Å²) < 4.78 is 0. The number of nitrogens with two attached hydrogens (primary N) is 1. The topological polar surface area (TPSA) is 55.1 Å². The van der Waals surface area contributed by atoms with E-state index in [9.17, 15) is 4.79 Å². The Bertz CT molecular complexity index is 578. The van der Waals surface area contributed by atoms with Gasteiger partial charge in [-0.25, -0.2) is 0 Å². The van der Waals surface area contributed by atoms with Crippen LogP contribution in [0.25, 0.3) is 0 Å². The summed E-state index contributed by atoms with van der Waals surface area (Å²) in [5.41, 5.74) is 9.31. The van der Waals surface area contributed by atoms with Crippen molar-refractivity contribution in [3.05, 3.63) is 65.2 Å². The Hall–Kier alpha value is -2.29. The number of anilines is 1. The first kappa shape index (κ1) is 13.1. The van der Waals surface area contributed by atoms with E-state index in [1.165, 1.54) is 11.1 Å². The summed E-state index contributed by atoms with van der Waals surface area (Å²) in [5.74, 6) is -0.119. The van der Waals surface area contributed by atoms with Crippen LogP contribution in [0.15, 0.2) is 48.5 Å². The third-order valence-electron chi connectivity index (χ3n) is 3.15. The summed E-state index contributed by atoms with van der Waals surface area (Å²) in [4.78, 5) is 11.9. The second kappa shape index (κ2) is 6.05. The number of amides is 1. The normalized spacial score (nSPS) is 10.2. The third-order valence-corrected chi connectivity index (χ3v) is 3.15. The maximum Gasteiger partial charge on any atom is 0.253 e. The van der Waals surface area contributed by atoms with Gasteiger partial charge in [-0.05, 0) is 36.6 Å². The minimum atomic E-state index is -0.119. The monoisotopic (exact) mass is 254 g/mol. The summed E-state index contributed by atoms with van der Waals surface area (Å²) in [6, 6.07) is 15.3. The van der Waals surface area contributed by atoms with Crippen LogP contribution in [0.3, 0.4) is 0 Å². The zero-order valence-electron chi connectivity index (χ0n) is 11.0. The van der Waals surface area contributed by atoms with Gasteiger partial charge in [-0.2, -0.15) is 0 Å². The van der Waals surface area contributed by atoms with Crippen LogP contribution in [0.2, 0.25) is 0 Å². The van der Waals surface area contributed by atoms with Crippen LogP contribution >= 0.6 is 0 Å². The van der Waals surface area contributed by atoms with Gasteiger partial charge >= 0.3 is 0 Å². The highest BCUT2D eigenvalue weighted by molar-refractivity contribution is 5.99. The van der Waals surface area contributed by atoms with E-state index in [-0.39, 0.29) is 5.91 Å². The highest BCUT2D eigenvalue weighted by atomic mass is 16.1. The van der Waals surface area contributed by atoms with E-state index >= 15 is 0 Å². The molecular formula is C16H18N2O. The molecule has 2 aromatic carbocycles. The first-order chi connectivity index (χ1) is 9.18. The summed E-state index contributed by atoms with van der Waals surface area (Å²) in [6.07, 6.45) is 0.825. The summed E-state index contributed by atoms with van der Waals surface area (Å²) in [6.45, 7) is 2.68. The molecule has 0 heterocycles. The van der Waals surface area contributed by atoms with Crippen molar-refractivity contribution in [1.29, 1.82) is 0 Å². The quantitative estimate of drug-likeness (QED) is 0.824. The fourth-order valence-electron chi connectivity index (χ4n) is 2.00. The molecule has 2 aromatic rings. The van der Waals surface area contributed by atoms with Crippen molar-refractivity contribution in [2.75, 3.05) is 12.3 Å². The molecule has 0 fully saturated rings. The van der Waals surface area contributed by atoms with Crippen molar-refractivity contribution in [2.45, 2.75) is 13.3 Å². The molecular weight excluding hydrogens is 236 g/mol. The molecule has 0 aliphatic heterocycles. The van der Waals surface area contributed by atoms with Gasteiger partial charge in [0.1, 0.15) is 0 Å². The Kier molecular flexibility index (Phi) is 4.18. The molecule has 0 aliphatic carbocycles. The molecule has 0 aromatic heterocycles. The van der Waals surface area contributed by atoms with Gasteiger partial charge in [-0.3, -0.25) is 4.79 Å². The van der Waals surface area contributed by atoms with Crippen LogP contribution in [-0.2, 0) is 6.42 Å². The number of carbonyl (C=O) groups is 1. The molecule has 1 amide bonds. The van der Waals surface area contributed by atoms with Gasteiger partial charge in [0, 0.05) is 12.2 Å². The molecule has 0 unspecified atom stereocenters. The van der Waals surface area contributed by atoms with E-state index in [2.05, 4.69) is 24.4 Å². The zero-order valence-corrected chi connectivity index (χ0v) is 11.0. The molecule has 0 saturated carbocycles. The van der Waals surface area contributed by atoms with Crippen LogP contribution in [0.5, 0.6) is 0 Å². The molecule has 0 saturated heterocycles. The Morgan fingerprint density at radius 1 is 1.11 bits per heavy atom. The lowest BCUT2D eigenvalue weighted by Gasteiger charge is -2.08. The van der Waals surface area contributed by atoms with Gasteiger partial charge in [-0.1, -0.05) is 36.4 Å². The number of nitrogen functional groups attached to an aromatic ring is 1. The Morgan fingerprint density at radius 3 is 2.53 bits per heavy atom. The van der Waals surface area contributed by atoms with Gasteiger partial charge in [0.05, 0.1) is 5.56 Å². The van der Waals surface area contributed by atoms with E-state index in [4.69, 9.17) is 5.73 Å². The molecule has 0 aliphatic rings. The minimum Gasteiger partial charge on any atom is -0.398 e. The SMILES string of the molecule is Cc1ccccc1CCNC(=O)c1ccccc1N. The molecule has 3 nitrogen and oxygen atoms in total. The summed E-state index contributed by atoms with van der Waals surface area (Å²) in [5, 5.41) is 2.90. The van der Waals surface area contributed by atoms with E-state index in [1.54, 1.807) is 12.1 Å². The molecule has 3 N–H and O–H groups in total. The number of carbonyl (C=O) groups excluding carboxylic acids is 1. The molecule has 98 valence electrons. The van der Waals surface area contributed by atoms with Gasteiger partial charge in [0.2, 0.25) is 0 Å². The van der Waals surface area contributed by atoms with Crippen molar-refractivity contribution in [2.24, 2.45) is 0 Å². The van der Waals surface area contributed by atoms with Crippen molar-refractivity contribution >= 4 is 11.6 Å². The Morgan fingerprint density at radius 2 is 1.79 bits per heavy atom. The first-order valence-corrected chi connectivity index (χ1v) is 6.35. The average Bonchev–Trinajstić information content (AvgIpc) is 2.41. The smallest absolute Gasteiger partial charge is 0.253 e. The second-order valence-corrected chi connectivity index (χ2v) is 4.52. The van der Waals surface area contributed by atoms with Gasteiger partial charge in [-0.15, -0.1) is 0 Å². The standard InChI is InChI=1S/C16H18N2O/c1-12-6-2-3-7-13(12)10-11-18-16(19)14-8-4-5-9-15(14)17/h2-9H,10-11,17H2,1H3,(H,18,19). The maximum absolute atomic E-state index is 11.9. The van der Waals surface area contributed by atoms with Crippen molar-refractivity contribution in [3.63, 3.8) is 0 Å². The highest BCUT2D eigenvalue weighted by Gasteiger charge is 2.07. The number of para-hydroxylation sites is 1. The number of hydrogen-bond donors (Lipinski definition) is 2. The fraction of sp³-hybridized carbons (Fsp3) is 0.188. The lowest BCUT2D eigenvalue weighted by atomic mass is 10.1. The summed E-state index contributed by atoms with van der Waals surface area (Å²) in [7, 11) is 0. The number of rotatable bonds is 4. The zero-order chi connectivity index (χ0) is 13.7. The van der Waals surface area contributed by atoms with E-state index < -0.39 is 0 Å². The summed E-state index contributed by atoms with van der Waals surface area (Å²) >= 11 is 0. The van der Waals surface area contributed by atoms with Crippen molar-refractivity contribution < 1.29 is 4.79 Å². The van der Waals surface area contributed by atoms with E-state index in [0.717, 1.165) is 6.42 Å². The maximum atomic E-state index is 11.9. The number of aryl methyl sites for hydroxylation is 1. The largest absolute Gasteiger partial charge is 0.398 e. The Labute approximate surface area is 113 Å². The predicted octanol–water partition coefficient (Wildman–Crippen LogP) is 2.55. The van der Waals surface area contributed by atoms with Crippen LogP contribution in [0.4, 0.5) is 5.69 Å². The second-order valence-electron chi connectivity index (χ2n) is 4.52. The number of nitrogens with one attached hydrogen (secondary N) is 1. The molecule has 0 atom stereocenters. The van der Waals surface area contributed by atoms with Crippen molar-refractivity contribution in [3.8, 4) is 0 Å². The van der Waals surface area contributed by atoms with Gasteiger partial charge in [0.25, 0.3) is 5.91 Å². The van der Waals surface area contributed by atoms with Crippen LogP contribution in [0.1, 0.15) is 21.5 Å². The molecule has 0 spiro atoms. The highest BCUT2D eigenvalue weighted by Crippen LogP contribution is 2.10. The lowest BCUT2D eigenvalue weighted by molar-refractivity contribution is 0.0955. The van der Waals surface area contributed by atoms with Crippen LogP contribution in [0, 0.1) is 6.92 Å². The van der Waals surface area contributed by atoms with Crippen LogP contribution in [-0.4, -0.2) is 12.5 Å². The number of hydrogen-bond acceptors (Lipinski definition) is 2. The first-order valence-electron chi connectivity index (χ1n) is 6.35. The van der Waals surface area contributed by atoms with E-state index in [0.29, 0.717) is 17.8 Å². The molecule has 2 rings (SSSR count). The van der Waals surface area contributed by atoms with Gasteiger partial charge in [0.15, 0.2) is 0 Å². The number of benzene rings is 2. The van der Waals surface area contributed by atoms with Crippen LogP contribution < -0.4 is 11.1 Å².